The molecule has 0 aromatic carbocycles. The van der Waals surface area contributed by atoms with Gasteiger partial charge in [-0.2, -0.15) is 0 Å². The molecule has 0 saturated heterocycles. The minimum absolute atomic E-state index is 0.728. The third kappa shape index (κ3) is 2.78. The molecule has 0 fully saturated rings. The first kappa shape index (κ1) is 13.1. The fourth-order valence-electron chi connectivity index (χ4n) is 0.675. The normalized spacial score (nSPS) is 15.9. The Kier molecular flexibility index (Phi) is 3.78. The minimum Gasteiger partial charge on any atom is -0.481 e. The van der Waals surface area contributed by atoms with Crippen molar-refractivity contribution in [3.63, 3.8) is 0 Å². The van der Waals surface area contributed by atoms with Gasteiger partial charge >= 0.3 is 19.5 Å². The van der Waals surface area contributed by atoms with E-state index in [9.17, 15) is 14.2 Å². The topological polar surface area (TPSA) is 158 Å². The third-order valence-corrected chi connectivity index (χ3v) is 3.06. The molecule has 0 aromatic rings. The molecule has 6 N–H and O–H groups in total. The van der Waals surface area contributed by atoms with Crippen LogP contribution in [0.5, 0.6) is 0 Å². The summed E-state index contributed by atoms with van der Waals surface area (Å²) in [6.45, 7) is 0. The summed E-state index contributed by atoms with van der Waals surface area (Å²) >= 11 is 0. The minimum atomic E-state index is -5.09. The fraction of sp³-hybridized carbons (Fsp3) is 0.600. The Balaban J connectivity index is 4.85. The van der Waals surface area contributed by atoms with E-state index >= 15 is 0 Å². The molecule has 0 rings (SSSR count). The summed E-state index contributed by atoms with van der Waals surface area (Å²) in [6, 6.07) is 0. The Bertz CT molecular complexity index is 296. The number of aliphatic carboxylic acids is 2. The van der Waals surface area contributed by atoms with E-state index in [0.29, 0.717) is 0 Å². The van der Waals surface area contributed by atoms with Crippen molar-refractivity contribution in [2.75, 3.05) is 0 Å². The summed E-state index contributed by atoms with van der Waals surface area (Å²) in [5, 5.41) is 13.9. The molecule has 0 aromatic heterocycles. The number of carbonyl (C=O) groups is 2. The second kappa shape index (κ2) is 4.05. The highest BCUT2D eigenvalue weighted by molar-refractivity contribution is 7.54. The zero-order chi connectivity index (χ0) is 11.6. The van der Waals surface area contributed by atoms with Gasteiger partial charge in [0.2, 0.25) is 5.28 Å². The van der Waals surface area contributed by atoms with E-state index in [-0.39, 0.29) is 0 Å². The Labute approximate surface area is 78.5 Å². The molecule has 0 aliphatic heterocycles. The van der Waals surface area contributed by atoms with Gasteiger partial charge in [-0.3, -0.25) is 9.36 Å². The zero-order valence-electron chi connectivity index (χ0n) is 6.95. The van der Waals surface area contributed by atoms with E-state index in [1.165, 1.54) is 0 Å². The standard InChI is InChI=1S/C5H10NO7P/c6-5(4(9)10,14(11,12)13)2-1-3(7)8/h1-2,6H2,(H,7,8)(H,9,10)(H2,11,12,13). The van der Waals surface area contributed by atoms with Crippen molar-refractivity contribution in [3.8, 4) is 0 Å². The first-order chi connectivity index (χ1) is 6.11. The van der Waals surface area contributed by atoms with Crippen molar-refractivity contribution < 1.29 is 34.2 Å². The summed E-state index contributed by atoms with van der Waals surface area (Å²) in [5.41, 5.74) is 4.94. The highest BCUT2D eigenvalue weighted by atomic mass is 31.2. The van der Waals surface area contributed by atoms with Crippen LogP contribution in [0.15, 0.2) is 0 Å². The van der Waals surface area contributed by atoms with Gasteiger partial charge in [0.1, 0.15) is 0 Å². The van der Waals surface area contributed by atoms with E-state index in [2.05, 4.69) is 0 Å². The first-order valence-electron chi connectivity index (χ1n) is 3.41. The number of hydrogen-bond acceptors (Lipinski definition) is 4. The van der Waals surface area contributed by atoms with Crippen molar-refractivity contribution in [2.24, 2.45) is 5.73 Å². The summed E-state index contributed by atoms with van der Waals surface area (Å²) in [5.74, 6) is -3.30. The molecule has 0 aliphatic carbocycles. The SMILES string of the molecule is NC(CCC(=O)O)(C(=O)O)P(=O)(O)O. The summed E-state index contributed by atoms with van der Waals surface area (Å²) in [6.07, 6.45) is -1.56. The van der Waals surface area contributed by atoms with Gasteiger partial charge in [0.15, 0.2) is 0 Å². The molecule has 1 unspecified atom stereocenters. The molecular formula is C5H10NO7P. The van der Waals surface area contributed by atoms with Crippen LogP contribution in [0.2, 0.25) is 0 Å². The Morgan fingerprint density at radius 3 is 1.93 bits per heavy atom. The number of carboxylic acids is 2. The molecule has 0 spiro atoms. The van der Waals surface area contributed by atoms with Gasteiger partial charge in [-0.05, 0) is 6.42 Å². The predicted octanol–water partition coefficient (Wildman–Crippen LogP) is -1.23. The van der Waals surface area contributed by atoms with E-state index in [0.717, 1.165) is 0 Å². The second-order valence-electron chi connectivity index (χ2n) is 2.67. The first-order valence-corrected chi connectivity index (χ1v) is 5.02. The van der Waals surface area contributed by atoms with Crippen LogP contribution in [-0.4, -0.2) is 37.2 Å². The van der Waals surface area contributed by atoms with Crippen LogP contribution in [0.3, 0.4) is 0 Å². The molecule has 0 amide bonds. The van der Waals surface area contributed by atoms with Crippen LogP contribution in [0.1, 0.15) is 12.8 Å². The lowest BCUT2D eigenvalue weighted by Crippen LogP contribution is -2.47. The highest BCUT2D eigenvalue weighted by Crippen LogP contribution is 2.49. The van der Waals surface area contributed by atoms with Gasteiger partial charge < -0.3 is 25.7 Å². The van der Waals surface area contributed by atoms with Crippen LogP contribution < -0.4 is 5.73 Å². The molecule has 82 valence electrons. The van der Waals surface area contributed by atoms with Gasteiger partial charge in [0, 0.05) is 6.42 Å². The predicted molar refractivity (Wildman–Crippen MR) is 43.5 cm³/mol. The lowest BCUT2D eigenvalue weighted by Gasteiger charge is -2.24. The van der Waals surface area contributed by atoms with Crippen molar-refractivity contribution >= 4 is 19.5 Å². The van der Waals surface area contributed by atoms with Gasteiger partial charge in [0.25, 0.3) is 0 Å². The van der Waals surface area contributed by atoms with Gasteiger partial charge in [0.05, 0.1) is 0 Å². The average molecular weight is 227 g/mol. The van der Waals surface area contributed by atoms with E-state index in [4.69, 9.17) is 25.7 Å². The summed E-state index contributed by atoms with van der Waals surface area (Å²) in [7, 11) is -5.09. The monoisotopic (exact) mass is 227 g/mol. The van der Waals surface area contributed by atoms with E-state index < -0.39 is 37.7 Å². The van der Waals surface area contributed by atoms with Crippen molar-refractivity contribution in [1.82, 2.24) is 0 Å². The second-order valence-corrected chi connectivity index (χ2v) is 4.55. The summed E-state index contributed by atoms with van der Waals surface area (Å²) in [4.78, 5) is 37.8. The maximum absolute atomic E-state index is 10.7. The molecule has 1 atom stereocenters. The van der Waals surface area contributed by atoms with Crippen molar-refractivity contribution in [1.29, 1.82) is 0 Å². The number of carboxylic acid groups (broad SMARTS) is 2. The molecule has 0 heterocycles. The molecule has 9 heteroatoms. The van der Waals surface area contributed by atoms with E-state index in [1.54, 1.807) is 0 Å². The fourth-order valence-corrected chi connectivity index (χ4v) is 1.33. The van der Waals surface area contributed by atoms with Crippen LogP contribution in [0.25, 0.3) is 0 Å². The van der Waals surface area contributed by atoms with Crippen molar-refractivity contribution in [3.05, 3.63) is 0 Å². The highest BCUT2D eigenvalue weighted by Gasteiger charge is 2.50. The molecule has 14 heavy (non-hydrogen) atoms. The Morgan fingerprint density at radius 1 is 1.29 bits per heavy atom. The maximum Gasteiger partial charge on any atom is 0.356 e. The molecule has 0 radical (unpaired) electrons. The zero-order valence-corrected chi connectivity index (χ0v) is 7.85. The van der Waals surface area contributed by atoms with Gasteiger partial charge in [-0.15, -0.1) is 0 Å². The quantitative estimate of drug-likeness (QED) is 0.365. The maximum atomic E-state index is 10.7. The lowest BCUT2D eigenvalue weighted by atomic mass is 10.1. The van der Waals surface area contributed by atoms with Crippen LogP contribution in [-0.2, 0) is 14.2 Å². The lowest BCUT2D eigenvalue weighted by molar-refractivity contribution is -0.141. The number of rotatable bonds is 5. The molecule has 8 nitrogen and oxygen atoms in total. The van der Waals surface area contributed by atoms with Crippen LogP contribution in [0.4, 0.5) is 0 Å². The van der Waals surface area contributed by atoms with Crippen LogP contribution >= 0.6 is 7.60 Å². The Hall–Kier alpha value is -0.950. The van der Waals surface area contributed by atoms with Crippen LogP contribution in [0, 0.1) is 0 Å². The smallest absolute Gasteiger partial charge is 0.356 e. The van der Waals surface area contributed by atoms with Gasteiger partial charge in [-0.1, -0.05) is 0 Å². The molecule has 0 aliphatic rings. The number of nitrogens with two attached hydrogens (primary N) is 1. The largest absolute Gasteiger partial charge is 0.481 e. The summed E-state index contributed by atoms with van der Waals surface area (Å²) < 4.78 is 10.7. The molecular weight excluding hydrogens is 217 g/mol. The van der Waals surface area contributed by atoms with Crippen molar-refractivity contribution in [2.45, 2.75) is 18.1 Å². The Morgan fingerprint density at radius 2 is 1.71 bits per heavy atom. The van der Waals surface area contributed by atoms with E-state index in [1.807, 2.05) is 0 Å². The number of hydrogen-bond donors (Lipinski definition) is 5. The molecule has 0 bridgehead atoms. The average Bonchev–Trinajstić information content (AvgIpc) is 1.97. The molecule has 0 saturated carbocycles. The van der Waals surface area contributed by atoms with Gasteiger partial charge in [-0.25, -0.2) is 4.79 Å². The third-order valence-electron chi connectivity index (χ3n) is 1.61.